The Morgan fingerprint density at radius 2 is 1.79 bits per heavy atom. The largest absolute Gasteiger partial charge is 0.359 e. The maximum Gasteiger partial charge on any atom is 0.246 e. The van der Waals surface area contributed by atoms with Crippen molar-refractivity contribution < 1.29 is 19.1 Å². The normalized spacial score (nSPS) is 28.0. The second kappa shape index (κ2) is 12.9. The Labute approximate surface area is 262 Å². The lowest BCUT2D eigenvalue weighted by Gasteiger charge is -2.34. The molecule has 2 aromatic carbocycles. The van der Waals surface area contributed by atoms with Crippen LogP contribution in [0.2, 0.25) is 0 Å². The van der Waals surface area contributed by atoms with Crippen molar-refractivity contribution in [3.63, 3.8) is 0 Å². The molecule has 3 aliphatic heterocycles. The van der Waals surface area contributed by atoms with Crippen molar-refractivity contribution in [2.45, 2.75) is 75.8 Å². The van der Waals surface area contributed by atoms with E-state index in [1.165, 1.54) is 12.0 Å². The predicted octanol–water partition coefficient (Wildman–Crippen LogP) is 4.90. The minimum absolute atomic E-state index is 0.106. The summed E-state index contributed by atoms with van der Waals surface area (Å²) in [7, 11) is 0. The number of carbonyl (C=O) groups excluding carboxylic acids is 3. The van der Waals surface area contributed by atoms with Crippen molar-refractivity contribution >= 4 is 39.3 Å². The maximum atomic E-state index is 14.3. The van der Waals surface area contributed by atoms with E-state index in [9.17, 15) is 14.4 Å². The van der Waals surface area contributed by atoms with Gasteiger partial charge in [0.2, 0.25) is 17.7 Å². The molecule has 6 rings (SSSR count). The van der Waals surface area contributed by atoms with Crippen LogP contribution in [0.3, 0.4) is 0 Å². The van der Waals surface area contributed by atoms with E-state index in [0.717, 1.165) is 49.8 Å². The minimum atomic E-state index is -1.14. The average molecular weight is 650 g/mol. The van der Waals surface area contributed by atoms with Gasteiger partial charge in [-0.1, -0.05) is 84.6 Å². The second-order valence-electron chi connectivity index (χ2n) is 12.3. The second-order valence-corrected chi connectivity index (χ2v) is 13.2. The first-order chi connectivity index (χ1) is 20.9. The smallest absolute Gasteiger partial charge is 0.246 e. The summed E-state index contributed by atoms with van der Waals surface area (Å²) in [4.78, 5) is 46.1. The highest BCUT2D eigenvalue weighted by Crippen LogP contribution is 2.55. The van der Waals surface area contributed by atoms with Crippen LogP contribution in [0, 0.1) is 11.8 Å². The molecule has 0 unspecified atom stereocenters. The number of likely N-dealkylation sites (tertiary alicyclic amines) is 1. The Balaban J connectivity index is 1.22. The number of anilines is 1. The summed E-state index contributed by atoms with van der Waals surface area (Å²) >= 11 is 3.43. The number of rotatable bonds is 11. The third-order valence-corrected chi connectivity index (χ3v) is 10.1. The van der Waals surface area contributed by atoms with Crippen molar-refractivity contribution in [3.8, 4) is 0 Å². The van der Waals surface area contributed by atoms with Gasteiger partial charge in [0.1, 0.15) is 11.6 Å². The highest BCUT2D eigenvalue weighted by molar-refractivity contribution is 9.10. The molecule has 9 heteroatoms. The number of ether oxygens (including phenoxy) is 1. The molecule has 3 heterocycles. The fraction of sp³-hybridized carbons (Fsp3) is 0.500. The molecule has 1 saturated carbocycles. The maximum absolute atomic E-state index is 14.3. The minimum Gasteiger partial charge on any atom is -0.359 e. The standard InChI is InChI=1S/C34H41BrN4O4/c1-2-38(22-23-10-5-3-6-11-23)20-9-21-39-30(32(41)37-25-12-7-4-8-13-25)34-19-18-27(43-34)28(29(34)33(39)42)31(40)36-26-16-14-24(35)15-17-26/h3,5-6,10-11,14-19,25,27-30H,2,4,7-9,12-13,20-22H2,1H3,(H,36,40)(H,37,41)/t27-,28-,29-,30+,34+/m1/s1. The van der Waals surface area contributed by atoms with Crippen molar-refractivity contribution in [2.24, 2.45) is 11.8 Å². The van der Waals surface area contributed by atoms with E-state index in [1.54, 1.807) is 4.90 Å². The quantitative estimate of drug-likeness (QED) is 0.338. The van der Waals surface area contributed by atoms with Crippen molar-refractivity contribution in [1.29, 1.82) is 0 Å². The van der Waals surface area contributed by atoms with Gasteiger partial charge in [-0.3, -0.25) is 19.3 Å². The first-order valence-corrected chi connectivity index (χ1v) is 16.5. The van der Waals surface area contributed by atoms with E-state index in [1.807, 2.05) is 54.6 Å². The zero-order valence-electron chi connectivity index (χ0n) is 24.7. The van der Waals surface area contributed by atoms with Crippen LogP contribution >= 0.6 is 15.9 Å². The van der Waals surface area contributed by atoms with Crippen LogP contribution in [-0.4, -0.2) is 70.9 Å². The molecule has 2 bridgehead atoms. The SMILES string of the molecule is CCN(CCCN1C(=O)[C@H]2[C@H](C(=O)Nc3ccc(Br)cc3)[C@H]3C=C[C@@]2(O3)[C@@H]1C(=O)NC1CCCCC1)Cc1ccccc1. The van der Waals surface area contributed by atoms with Crippen LogP contribution in [-0.2, 0) is 25.7 Å². The first-order valence-electron chi connectivity index (χ1n) is 15.7. The summed E-state index contributed by atoms with van der Waals surface area (Å²) in [5.41, 5.74) is 0.757. The van der Waals surface area contributed by atoms with Crippen molar-refractivity contribution in [3.05, 3.63) is 76.8 Å². The lowest BCUT2D eigenvalue weighted by molar-refractivity contribution is -0.141. The highest BCUT2D eigenvalue weighted by atomic mass is 79.9. The van der Waals surface area contributed by atoms with Crippen molar-refractivity contribution in [2.75, 3.05) is 25.0 Å². The molecule has 2 aromatic rings. The van der Waals surface area contributed by atoms with Gasteiger partial charge >= 0.3 is 0 Å². The number of halogens is 1. The molecule has 4 aliphatic rings. The van der Waals surface area contributed by atoms with Crippen LogP contribution in [0.4, 0.5) is 5.69 Å². The molecule has 3 fully saturated rings. The van der Waals surface area contributed by atoms with E-state index in [2.05, 4.69) is 50.5 Å². The Hall–Kier alpha value is -3.01. The van der Waals surface area contributed by atoms with Gasteiger partial charge in [0.15, 0.2) is 0 Å². The molecular formula is C34H41BrN4O4. The molecule has 228 valence electrons. The molecule has 2 N–H and O–H groups in total. The van der Waals surface area contributed by atoms with E-state index in [-0.39, 0.29) is 23.8 Å². The lowest BCUT2D eigenvalue weighted by atomic mass is 9.74. The van der Waals surface area contributed by atoms with Gasteiger partial charge in [-0.2, -0.15) is 0 Å². The van der Waals surface area contributed by atoms with Gasteiger partial charge in [0.25, 0.3) is 0 Å². The molecule has 2 saturated heterocycles. The van der Waals surface area contributed by atoms with Gasteiger partial charge in [-0.05, 0) is 55.6 Å². The third-order valence-electron chi connectivity index (χ3n) is 9.56. The topological polar surface area (TPSA) is 91.0 Å². The van der Waals surface area contributed by atoms with E-state index >= 15 is 0 Å². The van der Waals surface area contributed by atoms with Gasteiger partial charge in [0, 0.05) is 35.8 Å². The van der Waals surface area contributed by atoms with Gasteiger partial charge in [0.05, 0.1) is 17.9 Å². The molecule has 1 spiro atoms. The zero-order chi connectivity index (χ0) is 30.0. The highest BCUT2D eigenvalue weighted by Gasteiger charge is 2.72. The number of carbonyl (C=O) groups is 3. The number of hydrogen-bond acceptors (Lipinski definition) is 5. The summed E-state index contributed by atoms with van der Waals surface area (Å²) in [6.07, 6.45) is 9.21. The summed E-state index contributed by atoms with van der Waals surface area (Å²) in [6, 6.07) is 17.0. The van der Waals surface area contributed by atoms with Gasteiger partial charge in [-0.25, -0.2) is 0 Å². The van der Waals surface area contributed by atoms with Crippen LogP contribution in [0.5, 0.6) is 0 Å². The summed E-state index contributed by atoms with van der Waals surface area (Å²) in [5.74, 6) is -2.05. The van der Waals surface area contributed by atoms with Crippen LogP contribution in [0.25, 0.3) is 0 Å². The van der Waals surface area contributed by atoms with Gasteiger partial charge in [-0.15, -0.1) is 0 Å². The number of fused-ring (bicyclic) bond motifs is 1. The molecule has 8 nitrogen and oxygen atoms in total. The van der Waals surface area contributed by atoms with Gasteiger partial charge < -0.3 is 20.3 Å². The van der Waals surface area contributed by atoms with E-state index < -0.39 is 29.6 Å². The number of nitrogens with one attached hydrogen (secondary N) is 2. The number of hydrogen-bond donors (Lipinski definition) is 2. The number of benzene rings is 2. The fourth-order valence-electron chi connectivity index (χ4n) is 7.45. The predicted molar refractivity (Wildman–Crippen MR) is 169 cm³/mol. The summed E-state index contributed by atoms with van der Waals surface area (Å²) in [6.45, 7) is 5.06. The summed E-state index contributed by atoms with van der Waals surface area (Å²) < 4.78 is 7.42. The fourth-order valence-corrected chi connectivity index (χ4v) is 7.71. The van der Waals surface area contributed by atoms with Crippen LogP contribution < -0.4 is 10.6 Å². The molecule has 1 aliphatic carbocycles. The molecule has 0 radical (unpaired) electrons. The molecule has 3 amide bonds. The monoisotopic (exact) mass is 648 g/mol. The molecular weight excluding hydrogens is 608 g/mol. The molecule has 0 aromatic heterocycles. The van der Waals surface area contributed by atoms with E-state index in [4.69, 9.17) is 4.74 Å². The average Bonchev–Trinajstić information content (AvgIpc) is 3.66. The zero-order valence-corrected chi connectivity index (χ0v) is 26.3. The molecule has 43 heavy (non-hydrogen) atoms. The Bertz CT molecular complexity index is 1350. The van der Waals surface area contributed by atoms with Crippen LogP contribution in [0.15, 0.2) is 71.2 Å². The van der Waals surface area contributed by atoms with Crippen LogP contribution in [0.1, 0.15) is 51.0 Å². The van der Waals surface area contributed by atoms with Crippen molar-refractivity contribution in [1.82, 2.24) is 15.1 Å². The Morgan fingerprint density at radius 1 is 1.05 bits per heavy atom. The Morgan fingerprint density at radius 3 is 2.51 bits per heavy atom. The van der Waals surface area contributed by atoms with E-state index in [0.29, 0.717) is 18.7 Å². The number of amides is 3. The Kier molecular flexibility index (Phi) is 9.03. The third kappa shape index (κ3) is 6.04. The lowest BCUT2D eigenvalue weighted by Crippen LogP contribution is -2.56. The first kappa shape index (κ1) is 30.0. The summed E-state index contributed by atoms with van der Waals surface area (Å²) in [5, 5.41) is 6.26. The number of nitrogens with zero attached hydrogens (tertiary/aromatic N) is 2. The molecule has 5 atom stereocenters.